The molecule has 0 aromatic carbocycles. The first kappa shape index (κ1) is 13.5. The fraction of sp³-hybridized carbons (Fsp3) is 0.846. The van der Waals surface area contributed by atoms with Crippen molar-refractivity contribution in [2.45, 2.75) is 45.7 Å². The van der Waals surface area contributed by atoms with Gasteiger partial charge in [-0.25, -0.2) is 0 Å². The van der Waals surface area contributed by atoms with Crippen molar-refractivity contribution in [3.8, 4) is 0 Å². The Labute approximate surface area is 110 Å². The highest BCUT2D eigenvalue weighted by atomic mass is 15.4. The third-order valence-corrected chi connectivity index (χ3v) is 3.41. The van der Waals surface area contributed by atoms with Crippen LogP contribution in [0.1, 0.15) is 38.3 Å². The molecule has 102 valence electrons. The predicted molar refractivity (Wildman–Crippen MR) is 72.3 cm³/mol. The fourth-order valence-electron chi connectivity index (χ4n) is 2.35. The van der Waals surface area contributed by atoms with E-state index in [-0.39, 0.29) is 0 Å². The highest BCUT2D eigenvalue weighted by Crippen LogP contribution is 2.08. The van der Waals surface area contributed by atoms with E-state index in [1.165, 1.54) is 32.4 Å². The smallest absolute Gasteiger partial charge is 0.0964 e. The van der Waals surface area contributed by atoms with E-state index < -0.39 is 0 Å². The third kappa shape index (κ3) is 4.38. The number of hydrogen-bond acceptors (Lipinski definition) is 4. The van der Waals surface area contributed by atoms with Gasteiger partial charge in [-0.3, -0.25) is 4.68 Å². The van der Waals surface area contributed by atoms with Crippen LogP contribution in [0.3, 0.4) is 0 Å². The maximum atomic E-state index is 4.18. The van der Waals surface area contributed by atoms with Gasteiger partial charge in [-0.2, -0.15) is 0 Å². The van der Waals surface area contributed by atoms with Crippen molar-refractivity contribution in [2.24, 2.45) is 0 Å². The van der Waals surface area contributed by atoms with E-state index in [4.69, 9.17) is 0 Å². The van der Waals surface area contributed by atoms with E-state index in [1.54, 1.807) is 0 Å². The second-order valence-corrected chi connectivity index (χ2v) is 5.05. The van der Waals surface area contributed by atoms with Crippen molar-refractivity contribution in [3.05, 3.63) is 11.9 Å². The SMILES string of the molecule is CCCNCc1cn(CCN2CCCCC2)nn1. The first-order valence-corrected chi connectivity index (χ1v) is 7.20. The molecule has 5 nitrogen and oxygen atoms in total. The van der Waals surface area contributed by atoms with Crippen molar-refractivity contribution < 1.29 is 0 Å². The Morgan fingerprint density at radius 1 is 1.22 bits per heavy atom. The zero-order valence-corrected chi connectivity index (χ0v) is 11.4. The van der Waals surface area contributed by atoms with E-state index in [9.17, 15) is 0 Å². The fourth-order valence-corrected chi connectivity index (χ4v) is 2.35. The number of hydrogen-bond donors (Lipinski definition) is 1. The second-order valence-electron chi connectivity index (χ2n) is 5.05. The molecule has 1 aromatic heterocycles. The van der Waals surface area contributed by atoms with E-state index in [2.05, 4.69) is 33.6 Å². The molecule has 1 fully saturated rings. The normalized spacial score (nSPS) is 17.2. The molecule has 5 heteroatoms. The molecule has 0 radical (unpaired) electrons. The minimum absolute atomic E-state index is 0.831. The Morgan fingerprint density at radius 3 is 2.83 bits per heavy atom. The highest BCUT2D eigenvalue weighted by molar-refractivity contribution is 4.91. The lowest BCUT2D eigenvalue weighted by atomic mass is 10.1. The van der Waals surface area contributed by atoms with Gasteiger partial charge in [-0.15, -0.1) is 5.10 Å². The van der Waals surface area contributed by atoms with E-state index in [0.717, 1.165) is 38.3 Å². The molecule has 1 aliphatic rings. The van der Waals surface area contributed by atoms with E-state index >= 15 is 0 Å². The van der Waals surface area contributed by atoms with Gasteiger partial charge in [-0.05, 0) is 38.9 Å². The Morgan fingerprint density at radius 2 is 2.06 bits per heavy atom. The number of piperidine rings is 1. The summed E-state index contributed by atoms with van der Waals surface area (Å²) in [5, 5.41) is 11.7. The lowest BCUT2D eigenvalue weighted by Crippen LogP contribution is -2.32. The summed E-state index contributed by atoms with van der Waals surface area (Å²) in [6.45, 7) is 8.60. The number of aromatic nitrogens is 3. The van der Waals surface area contributed by atoms with Gasteiger partial charge in [0.1, 0.15) is 0 Å². The molecule has 18 heavy (non-hydrogen) atoms. The minimum atomic E-state index is 0.831. The molecule has 1 aromatic rings. The topological polar surface area (TPSA) is 46.0 Å². The predicted octanol–water partition coefficient (Wildman–Crippen LogP) is 1.26. The molecule has 1 aliphatic heterocycles. The summed E-state index contributed by atoms with van der Waals surface area (Å²) in [5.74, 6) is 0. The average molecular weight is 251 g/mol. The largest absolute Gasteiger partial charge is 0.311 e. The van der Waals surface area contributed by atoms with Gasteiger partial charge in [0.2, 0.25) is 0 Å². The Hall–Kier alpha value is -0.940. The second kappa shape index (κ2) is 7.48. The van der Waals surface area contributed by atoms with Gasteiger partial charge in [0, 0.05) is 19.3 Å². The zero-order chi connectivity index (χ0) is 12.6. The summed E-state index contributed by atoms with van der Waals surface area (Å²) in [6, 6.07) is 0. The van der Waals surface area contributed by atoms with Crippen molar-refractivity contribution in [3.63, 3.8) is 0 Å². The monoisotopic (exact) mass is 251 g/mol. The van der Waals surface area contributed by atoms with Crippen molar-refractivity contribution in [1.29, 1.82) is 0 Å². The van der Waals surface area contributed by atoms with Gasteiger partial charge in [0.05, 0.1) is 12.2 Å². The van der Waals surface area contributed by atoms with Crippen LogP contribution in [0.4, 0.5) is 0 Å². The summed E-state index contributed by atoms with van der Waals surface area (Å²) < 4.78 is 1.97. The van der Waals surface area contributed by atoms with Crippen molar-refractivity contribution in [2.75, 3.05) is 26.2 Å². The molecule has 0 unspecified atom stereocenters. The molecular formula is C13H25N5. The van der Waals surface area contributed by atoms with Gasteiger partial charge >= 0.3 is 0 Å². The summed E-state index contributed by atoms with van der Waals surface area (Å²) in [7, 11) is 0. The Balaban J connectivity index is 1.69. The third-order valence-electron chi connectivity index (χ3n) is 3.41. The molecule has 0 aliphatic carbocycles. The highest BCUT2D eigenvalue weighted by Gasteiger charge is 2.10. The van der Waals surface area contributed by atoms with Crippen LogP contribution in [-0.2, 0) is 13.1 Å². The molecule has 1 saturated heterocycles. The number of nitrogens with one attached hydrogen (secondary N) is 1. The molecule has 2 heterocycles. The molecule has 2 rings (SSSR count). The Kier molecular flexibility index (Phi) is 5.61. The van der Waals surface area contributed by atoms with E-state index in [1.807, 2.05) is 4.68 Å². The summed E-state index contributed by atoms with van der Waals surface area (Å²) in [4.78, 5) is 2.53. The summed E-state index contributed by atoms with van der Waals surface area (Å²) in [5.41, 5.74) is 1.04. The van der Waals surface area contributed by atoms with Crippen LogP contribution in [0, 0.1) is 0 Å². The molecule has 0 bridgehead atoms. The standard InChI is InChI=1S/C13H25N5/c1-2-6-14-11-13-12-18(16-15-13)10-9-17-7-4-3-5-8-17/h12,14H,2-11H2,1H3. The molecule has 1 N–H and O–H groups in total. The molecule has 0 amide bonds. The van der Waals surface area contributed by atoms with Crippen LogP contribution in [0.25, 0.3) is 0 Å². The van der Waals surface area contributed by atoms with E-state index in [0.29, 0.717) is 0 Å². The first-order valence-electron chi connectivity index (χ1n) is 7.20. The number of rotatable bonds is 7. The Bertz CT molecular complexity index is 330. The zero-order valence-electron chi connectivity index (χ0n) is 11.4. The van der Waals surface area contributed by atoms with Crippen LogP contribution in [0.15, 0.2) is 6.20 Å². The van der Waals surface area contributed by atoms with Crippen LogP contribution >= 0.6 is 0 Å². The lowest BCUT2D eigenvalue weighted by molar-refractivity contribution is 0.217. The first-order chi connectivity index (χ1) is 8.88. The van der Waals surface area contributed by atoms with Gasteiger partial charge in [0.15, 0.2) is 0 Å². The van der Waals surface area contributed by atoms with Gasteiger partial charge in [-0.1, -0.05) is 18.6 Å². The van der Waals surface area contributed by atoms with Crippen LogP contribution in [-0.4, -0.2) is 46.1 Å². The molecular weight excluding hydrogens is 226 g/mol. The molecule has 0 saturated carbocycles. The quantitative estimate of drug-likeness (QED) is 0.741. The maximum Gasteiger partial charge on any atom is 0.0964 e. The molecule has 0 atom stereocenters. The average Bonchev–Trinajstić information content (AvgIpc) is 2.86. The van der Waals surface area contributed by atoms with Crippen molar-refractivity contribution in [1.82, 2.24) is 25.2 Å². The van der Waals surface area contributed by atoms with Gasteiger partial charge < -0.3 is 10.2 Å². The summed E-state index contributed by atoms with van der Waals surface area (Å²) >= 11 is 0. The lowest BCUT2D eigenvalue weighted by Gasteiger charge is -2.25. The molecule has 0 spiro atoms. The van der Waals surface area contributed by atoms with Crippen LogP contribution in [0.5, 0.6) is 0 Å². The number of nitrogens with zero attached hydrogens (tertiary/aromatic N) is 4. The van der Waals surface area contributed by atoms with Gasteiger partial charge in [0.25, 0.3) is 0 Å². The minimum Gasteiger partial charge on any atom is -0.311 e. The van der Waals surface area contributed by atoms with Crippen LogP contribution < -0.4 is 5.32 Å². The summed E-state index contributed by atoms with van der Waals surface area (Å²) in [6.07, 6.45) is 7.32. The number of likely N-dealkylation sites (tertiary alicyclic amines) is 1. The van der Waals surface area contributed by atoms with Crippen LogP contribution in [0.2, 0.25) is 0 Å². The van der Waals surface area contributed by atoms with Crippen molar-refractivity contribution >= 4 is 0 Å². The maximum absolute atomic E-state index is 4.18.